The van der Waals surface area contributed by atoms with Crippen LogP contribution in [0.25, 0.3) is 16.6 Å². The predicted octanol–water partition coefficient (Wildman–Crippen LogP) is 5.90. The maximum atomic E-state index is 15.7. The van der Waals surface area contributed by atoms with Gasteiger partial charge in [-0.25, -0.2) is 13.9 Å². The minimum absolute atomic E-state index is 0.0569. The molecule has 0 spiro atoms. The van der Waals surface area contributed by atoms with E-state index >= 15 is 4.39 Å². The normalized spacial score (nSPS) is 15.4. The second-order valence-corrected chi connectivity index (χ2v) is 13.1. The number of aryl methyl sites for hydroxylation is 3. The average molecular weight is 615 g/mol. The number of aromatic nitrogens is 3. The largest absolute Gasteiger partial charge is 0.444 e. The Hall–Kier alpha value is -4.67. The molecule has 0 unspecified atom stereocenters. The number of anilines is 2. The summed E-state index contributed by atoms with van der Waals surface area (Å²) in [6, 6.07) is 10.8. The zero-order chi connectivity index (χ0) is 32.2. The predicted molar refractivity (Wildman–Crippen MR) is 172 cm³/mol. The van der Waals surface area contributed by atoms with E-state index in [4.69, 9.17) is 4.74 Å². The number of nitrogens with one attached hydrogen (secondary N) is 1. The molecule has 3 heterocycles. The summed E-state index contributed by atoms with van der Waals surface area (Å²) in [5, 5.41) is 7.62. The molecule has 0 atom stereocenters. The van der Waals surface area contributed by atoms with Crippen LogP contribution in [0.4, 0.5) is 20.7 Å². The average Bonchev–Trinajstić information content (AvgIpc) is 3.75. The number of nitrogens with zero attached hydrogens (tertiary/aromatic N) is 5. The fourth-order valence-electron chi connectivity index (χ4n) is 5.87. The number of ether oxygens (including phenoxy) is 1. The van der Waals surface area contributed by atoms with Crippen LogP contribution in [0.3, 0.4) is 0 Å². The zero-order valence-corrected chi connectivity index (χ0v) is 26.6. The lowest BCUT2D eigenvalue weighted by molar-refractivity contribution is 0.0240. The molecule has 0 bridgehead atoms. The number of halogens is 1. The van der Waals surface area contributed by atoms with Gasteiger partial charge < -0.3 is 24.4 Å². The minimum atomic E-state index is -0.596. The van der Waals surface area contributed by atoms with Crippen LogP contribution < -0.4 is 15.6 Å². The first-order valence-electron chi connectivity index (χ1n) is 15.4. The van der Waals surface area contributed by atoms with E-state index < -0.39 is 22.8 Å². The second kappa shape index (κ2) is 11.4. The summed E-state index contributed by atoms with van der Waals surface area (Å²) in [5.41, 5.74) is 3.40. The third-order valence-corrected chi connectivity index (χ3v) is 8.21. The molecule has 2 fully saturated rings. The Morgan fingerprint density at radius 2 is 1.69 bits per heavy atom. The summed E-state index contributed by atoms with van der Waals surface area (Å²) >= 11 is 0. The van der Waals surface area contributed by atoms with Gasteiger partial charge in [0.05, 0.1) is 22.6 Å². The Bertz CT molecular complexity index is 1880. The molecule has 1 aliphatic carbocycles. The zero-order valence-electron chi connectivity index (χ0n) is 26.6. The molecule has 2 aromatic heterocycles. The van der Waals surface area contributed by atoms with Gasteiger partial charge in [0, 0.05) is 49.9 Å². The van der Waals surface area contributed by atoms with Crippen LogP contribution in [0.5, 0.6) is 0 Å². The van der Waals surface area contributed by atoms with Gasteiger partial charge in [0.1, 0.15) is 22.8 Å². The van der Waals surface area contributed by atoms with Crippen molar-refractivity contribution in [3.8, 4) is 5.69 Å². The highest BCUT2D eigenvalue weighted by Crippen LogP contribution is 2.38. The third-order valence-electron chi connectivity index (χ3n) is 8.21. The van der Waals surface area contributed by atoms with Crippen molar-refractivity contribution in [1.82, 2.24) is 19.2 Å². The Balaban J connectivity index is 1.30. The Kier molecular flexibility index (Phi) is 7.66. The van der Waals surface area contributed by atoms with Crippen LogP contribution in [-0.2, 0) is 4.74 Å². The van der Waals surface area contributed by atoms with Crippen molar-refractivity contribution in [3.05, 3.63) is 81.0 Å². The summed E-state index contributed by atoms with van der Waals surface area (Å²) in [6.45, 7) is 12.9. The highest BCUT2D eigenvalue weighted by atomic mass is 19.1. The van der Waals surface area contributed by atoms with Crippen molar-refractivity contribution >= 4 is 34.4 Å². The summed E-state index contributed by atoms with van der Waals surface area (Å²) in [7, 11) is 0. The van der Waals surface area contributed by atoms with E-state index in [0.717, 1.165) is 29.7 Å². The fourth-order valence-corrected chi connectivity index (χ4v) is 5.87. The van der Waals surface area contributed by atoms with Crippen LogP contribution in [0.1, 0.15) is 66.8 Å². The fraction of sp³-hybridized carbons (Fsp3) is 0.412. The second-order valence-electron chi connectivity index (χ2n) is 13.1. The van der Waals surface area contributed by atoms with Gasteiger partial charge >= 0.3 is 6.09 Å². The number of fused-ring (bicyclic) bond motifs is 1. The van der Waals surface area contributed by atoms with E-state index in [0.29, 0.717) is 48.9 Å². The number of amides is 2. The lowest BCUT2D eigenvalue weighted by Gasteiger charge is -2.37. The van der Waals surface area contributed by atoms with E-state index in [9.17, 15) is 14.4 Å². The topological polar surface area (TPSA) is 102 Å². The summed E-state index contributed by atoms with van der Waals surface area (Å²) in [4.78, 5) is 43.4. The molecule has 45 heavy (non-hydrogen) atoms. The molecule has 2 aliphatic rings. The van der Waals surface area contributed by atoms with Gasteiger partial charge in [-0.1, -0.05) is 17.7 Å². The molecule has 4 aromatic rings. The molecular formula is C34H39FN6O4. The van der Waals surface area contributed by atoms with Crippen molar-refractivity contribution in [1.29, 1.82) is 0 Å². The number of hydrogen-bond donors (Lipinski definition) is 1. The maximum absolute atomic E-state index is 15.7. The smallest absolute Gasteiger partial charge is 0.410 e. The quantitative estimate of drug-likeness (QED) is 0.301. The highest BCUT2D eigenvalue weighted by molar-refractivity contribution is 6.05. The van der Waals surface area contributed by atoms with Crippen LogP contribution in [-0.4, -0.2) is 63.0 Å². The number of carbonyl (C=O) groups is 2. The number of rotatable bonds is 5. The van der Waals surface area contributed by atoms with Gasteiger partial charge in [-0.15, -0.1) is 0 Å². The third kappa shape index (κ3) is 6.16. The maximum Gasteiger partial charge on any atom is 0.410 e. The first-order valence-corrected chi connectivity index (χ1v) is 15.4. The van der Waals surface area contributed by atoms with E-state index in [1.165, 1.54) is 6.07 Å². The van der Waals surface area contributed by atoms with Crippen LogP contribution in [0.2, 0.25) is 0 Å². The molecular weight excluding hydrogens is 575 g/mol. The monoisotopic (exact) mass is 614 g/mol. The molecule has 1 N–H and O–H groups in total. The molecule has 0 radical (unpaired) electrons. The van der Waals surface area contributed by atoms with Crippen LogP contribution in [0.15, 0.2) is 47.4 Å². The van der Waals surface area contributed by atoms with E-state index in [2.05, 4.69) is 10.4 Å². The Labute approximate surface area is 261 Å². The molecule has 10 nitrogen and oxygen atoms in total. The lowest BCUT2D eigenvalue weighted by Crippen LogP contribution is -2.50. The minimum Gasteiger partial charge on any atom is -0.444 e. The summed E-state index contributed by atoms with van der Waals surface area (Å²) in [5.74, 6) is -0.687. The van der Waals surface area contributed by atoms with Crippen molar-refractivity contribution < 1.29 is 18.7 Å². The molecule has 11 heteroatoms. The van der Waals surface area contributed by atoms with Crippen molar-refractivity contribution in [2.45, 2.75) is 66.0 Å². The summed E-state index contributed by atoms with van der Waals surface area (Å²) in [6.07, 6.45) is 3.02. The Morgan fingerprint density at radius 1 is 0.978 bits per heavy atom. The van der Waals surface area contributed by atoms with Crippen molar-refractivity contribution in [2.24, 2.45) is 0 Å². The van der Waals surface area contributed by atoms with Crippen LogP contribution in [0, 0.1) is 26.6 Å². The van der Waals surface area contributed by atoms with E-state index in [-0.39, 0.29) is 23.1 Å². The van der Waals surface area contributed by atoms with Gasteiger partial charge in [-0.05, 0) is 78.1 Å². The number of piperazine rings is 1. The van der Waals surface area contributed by atoms with Gasteiger partial charge in [-0.2, -0.15) is 5.10 Å². The first kappa shape index (κ1) is 30.4. The molecule has 2 amide bonds. The van der Waals surface area contributed by atoms with Gasteiger partial charge in [0.2, 0.25) is 5.43 Å². The number of hydrogen-bond acceptors (Lipinski definition) is 6. The SMILES string of the molecule is Cc1ccc(-n2nc(C)cc2NC(=O)c2cn(C3CC3)c3cc(N4CCN(C(=O)OC(C)(C)C)CC4)c(F)cc3c2=O)c(C)c1. The first-order chi connectivity index (χ1) is 21.3. The standard InChI is InChI=1S/C34H39FN6O4/c1-20-7-10-27(21(2)15-20)41-30(16-22(3)37-41)36-32(43)25-19-40(23-8-9-23)28-18-29(26(35)17-24(28)31(25)42)38-11-13-39(14-12-38)33(44)45-34(4,5)6/h7,10,15-19,23H,8-9,11-14H2,1-6H3,(H,36,43). The highest BCUT2D eigenvalue weighted by Gasteiger charge is 2.30. The van der Waals surface area contributed by atoms with Gasteiger partial charge in [0.15, 0.2) is 0 Å². The molecule has 6 rings (SSSR count). The van der Waals surface area contributed by atoms with Gasteiger partial charge in [-0.3, -0.25) is 9.59 Å². The number of carbonyl (C=O) groups excluding carboxylic acids is 2. The number of benzene rings is 2. The van der Waals surface area contributed by atoms with E-state index in [1.54, 1.807) is 27.9 Å². The Morgan fingerprint density at radius 3 is 2.33 bits per heavy atom. The molecule has 1 saturated carbocycles. The van der Waals surface area contributed by atoms with E-state index in [1.807, 2.05) is 69.2 Å². The van der Waals surface area contributed by atoms with Crippen molar-refractivity contribution in [2.75, 3.05) is 36.4 Å². The van der Waals surface area contributed by atoms with Crippen molar-refractivity contribution in [3.63, 3.8) is 0 Å². The number of pyridine rings is 1. The summed E-state index contributed by atoms with van der Waals surface area (Å²) < 4.78 is 24.8. The molecule has 2 aromatic carbocycles. The van der Waals surface area contributed by atoms with Crippen LogP contribution >= 0.6 is 0 Å². The van der Waals surface area contributed by atoms with Gasteiger partial charge in [0.25, 0.3) is 5.91 Å². The lowest BCUT2D eigenvalue weighted by atomic mass is 10.1. The molecule has 236 valence electrons. The molecule has 1 saturated heterocycles. The molecule has 1 aliphatic heterocycles.